The quantitative estimate of drug-likeness (QED) is 0.545. The number of aliphatic carboxylic acids is 1. The van der Waals surface area contributed by atoms with Gasteiger partial charge in [0.2, 0.25) is 11.8 Å². The van der Waals surface area contributed by atoms with Gasteiger partial charge in [0.25, 0.3) is 0 Å². The van der Waals surface area contributed by atoms with E-state index in [1.165, 1.54) is 0 Å². The van der Waals surface area contributed by atoms with Gasteiger partial charge in [0.1, 0.15) is 13.1 Å². The lowest BCUT2D eigenvalue weighted by atomic mass is 10.1. The number of piperazine rings is 1. The second-order valence-electron chi connectivity index (χ2n) is 4.22. The molecule has 8 nitrogen and oxygen atoms in total. The first-order chi connectivity index (χ1) is 8.38. The second kappa shape index (κ2) is 5.99. The maximum atomic E-state index is 11.6. The van der Waals surface area contributed by atoms with E-state index in [-0.39, 0.29) is 32.0 Å². The molecule has 3 N–H and O–H groups in total. The molecule has 0 aromatic heterocycles. The van der Waals surface area contributed by atoms with E-state index in [2.05, 4.69) is 10.6 Å². The highest BCUT2D eigenvalue weighted by Gasteiger charge is 2.26. The molecule has 0 aromatic rings. The Morgan fingerprint density at radius 3 is 2.44 bits per heavy atom. The molecule has 18 heavy (non-hydrogen) atoms. The molecule has 0 spiro atoms. The van der Waals surface area contributed by atoms with Crippen LogP contribution >= 0.6 is 0 Å². The lowest BCUT2D eigenvalue weighted by Gasteiger charge is -2.26. The van der Waals surface area contributed by atoms with Gasteiger partial charge >= 0.3 is 12.0 Å². The third-order valence-electron chi connectivity index (χ3n) is 2.36. The number of nitrogens with one attached hydrogen (secondary N) is 2. The van der Waals surface area contributed by atoms with Crippen molar-refractivity contribution in [2.45, 2.75) is 13.3 Å². The van der Waals surface area contributed by atoms with E-state index in [1.54, 1.807) is 6.92 Å². The van der Waals surface area contributed by atoms with E-state index in [0.29, 0.717) is 0 Å². The van der Waals surface area contributed by atoms with Gasteiger partial charge in [0, 0.05) is 13.0 Å². The Balaban J connectivity index is 2.38. The molecule has 1 aliphatic heterocycles. The van der Waals surface area contributed by atoms with Crippen molar-refractivity contribution in [2.24, 2.45) is 5.92 Å². The molecule has 0 radical (unpaired) electrons. The summed E-state index contributed by atoms with van der Waals surface area (Å²) < 4.78 is 0. The highest BCUT2D eigenvalue weighted by Crippen LogP contribution is 2.01. The molecule has 1 fully saturated rings. The summed E-state index contributed by atoms with van der Waals surface area (Å²) in [6.45, 7) is 1.51. The molecule has 1 atom stereocenters. The number of rotatable bonds is 4. The topological polar surface area (TPSA) is 116 Å². The van der Waals surface area contributed by atoms with Crippen molar-refractivity contribution in [1.82, 2.24) is 15.5 Å². The Morgan fingerprint density at radius 1 is 1.39 bits per heavy atom. The van der Waals surface area contributed by atoms with Gasteiger partial charge in [-0.25, -0.2) is 4.79 Å². The Morgan fingerprint density at radius 2 is 1.94 bits per heavy atom. The Hall–Kier alpha value is -2.12. The van der Waals surface area contributed by atoms with Gasteiger partial charge in [-0.05, 0) is 5.92 Å². The van der Waals surface area contributed by atoms with Crippen LogP contribution in [0.5, 0.6) is 0 Å². The van der Waals surface area contributed by atoms with Crippen molar-refractivity contribution in [3.63, 3.8) is 0 Å². The van der Waals surface area contributed by atoms with Crippen molar-refractivity contribution in [2.75, 3.05) is 19.6 Å². The molecule has 0 aromatic carbocycles. The van der Waals surface area contributed by atoms with Crippen LogP contribution in [0.15, 0.2) is 0 Å². The van der Waals surface area contributed by atoms with E-state index in [0.717, 1.165) is 4.90 Å². The van der Waals surface area contributed by atoms with Crippen molar-refractivity contribution in [3.05, 3.63) is 0 Å². The number of carbonyl (C=O) groups is 4. The first kappa shape index (κ1) is 13.9. The molecule has 1 unspecified atom stereocenters. The lowest BCUT2D eigenvalue weighted by molar-refractivity contribution is -0.138. The molecule has 1 saturated heterocycles. The molecule has 0 aliphatic carbocycles. The van der Waals surface area contributed by atoms with Crippen LogP contribution in [0.25, 0.3) is 0 Å². The van der Waals surface area contributed by atoms with Crippen molar-refractivity contribution < 1.29 is 24.3 Å². The predicted octanol–water partition coefficient (Wildman–Crippen LogP) is -1.23. The Kier molecular flexibility index (Phi) is 4.64. The summed E-state index contributed by atoms with van der Waals surface area (Å²) in [4.78, 5) is 45.2. The highest BCUT2D eigenvalue weighted by molar-refractivity contribution is 6.02. The molecular formula is C10H15N3O5. The number of nitrogens with zero attached hydrogens (tertiary/aromatic N) is 1. The van der Waals surface area contributed by atoms with Gasteiger partial charge in [-0.3, -0.25) is 19.7 Å². The van der Waals surface area contributed by atoms with E-state index >= 15 is 0 Å². The minimum atomic E-state index is -0.940. The molecule has 4 amide bonds. The number of carboxylic acid groups (broad SMARTS) is 1. The summed E-state index contributed by atoms with van der Waals surface area (Å²) >= 11 is 0. The number of imide groups is 1. The van der Waals surface area contributed by atoms with Crippen LogP contribution in [-0.2, 0) is 14.4 Å². The van der Waals surface area contributed by atoms with Gasteiger partial charge in [-0.1, -0.05) is 6.92 Å². The van der Waals surface area contributed by atoms with Gasteiger partial charge < -0.3 is 15.3 Å². The first-order valence-electron chi connectivity index (χ1n) is 5.45. The van der Waals surface area contributed by atoms with Crippen LogP contribution < -0.4 is 10.6 Å². The first-order valence-corrected chi connectivity index (χ1v) is 5.45. The molecule has 1 aliphatic rings. The van der Waals surface area contributed by atoms with E-state index in [4.69, 9.17) is 5.11 Å². The Bertz CT molecular complexity index is 366. The predicted molar refractivity (Wildman–Crippen MR) is 59.5 cm³/mol. The fourth-order valence-electron chi connectivity index (χ4n) is 1.52. The van der Waals surface area contributed by atoms with Crippen LogP contribution in [0.4, 0.5) is 4.79 Å². The average molecular weight is 257 g/mol. The minimum absolute atomic E-state index is 0.0559. The zero-order valence-electron chi connectivity index (χ0n) is 9.93. The summed E-state index contributed by atoms with van der Waals surface area (Å²) in [7, 11) is 0. The van der Waals surface area contributed by atoms with Crippen LogP contribution in [0.2, 0.25) is 0 Å². The van der Waals surface area contributed by atoms with Crippen molar-refractivity contribution in [1.29, 1.82) is 0 Å². The number of amides is 4. The molecule has 100 valence electrons. The standard InChI is InChI=1S/C10H15N3O5/c1-6(2-9(16)17)3-11-10(18)13-4-7(14)12-8(15)5-13/h6H,2-5H2,1H3,(H,11,18)(H,16,17)(H,12,14,15). The van der Waals surface area contributed by atoms with Gasteiger partial charge in [0.15, 0.2) is 0 Å². The molecule has 1 rings (SSSR count). The monoisotopic (exact) mass is 257 g/mol. The minimum Gasteiger partial charge on any atom is -0.481 e. The van der Waals surface area contributed by atoms with Gasteiger partial charge in [-0.2, -0.15) is 0 Å². The number of hydrogen-bond donors (Lipinski definition) is 3. The summed E-state index contributed by atoms with van der Waals surface area (Å²) in [5.74, 6) is -2.22. The molecular weight excluding hydrogens is 242 g/mol. The summed E-state index contributed by atoms with van der Waals surface area (Å²) in [5.41, 5.74) is 0. The van der Waals surface area contributed by atoms with Gasteiger partial charge in [-0.15, -0.1) is 0 Å². The second-order valence-corrected chi connectivity index (χ2v) is 4.22. The number of carbonyl (C=O) groups excluding carboxylic acids is 3. The fraction of sp³-hybridized carbons (Fsp3) is 0.600. The lowest BCUT2D eigenvalue weighted by Crippen LogP contribution is -2.56. The third kappa shape index (κ3) is 4.40. The molecule has 0 bridgehead atoms. The van der Waals surface area contributed by atoms with Crippen LogP contribution in [0.3, 0.4) is 0 Å². The van der Waals surface area contributed by atoms with Crippen molar-refractivity contribution in [3.8, 4) is 0 Å². The van der Waals surface area contributed by atoms with E-state index in [9.17, 15) is 19.2 Å². The Labute approximate surface area is 103 Å². The smallest absolute Gasteiger partial charge is 0.318 e. The molecule has 0 saturated carbocycles. The van der Waals surface area contributed by atoms with E-state index in [1.807, 2.05) is 0 Å². The summed E-state index contributed by atoms with van der Waals surface area (Å²) in [6, 6.07) is -0.546. The highest BCUT2D eigenvalue weighted by atomic mass is 16.4. The van der Waals surface area contributed by atoms with Gasteiger partial charge in [0.05, 0.1) is 0 Å². The normalized spacial score (nSPS) is 17.1. The number of carboxylic acids is 1. The van der Waals surface area contributed by atoms with Crippen molar-refractivity contribution >= 4 is 23.8 Å². The van der Waals surface area contributed by atoms with Crippen LogP contribution in [-0.4, -0.2) is 53.5 Å². The zero-order chi connectivity index (χ0) is 13.7. The zero-order valence-corrected chi connectivity index (χ0v) is 9.93. The SMILES string of the molecule is CC(CNC(=O)N1CC(=O)NC(=O)C1)CC(=O)O. The van der Waals surface area contributed by atoms with Crippen LogP contribution in [0.1, 0.15) is 13.3 Å². The summed E-state index contributed by atoms with van der Waals surface area (Å²) in [5, 5.41) is 13.1. The van der Waals surface area contributed by atoms with Crippen LogP contribution in [0, 0.1) is 5.92 Å². The van der Waals surface area contributed by atoms with E-state index < -0.39 is 23.8 Å². The number of hydrogen-bond acceptors (Lipinski definition) is 4. The third-order valence-corrected chi connectivity index (χ3v) is 2.36. The fourth-order valence-corrected chi connectivity index (χ4v) is 1.52. The summed E-state index contributed by atoms with van der Waals surface area (Å²) in [6.07, 6.45) is -0.0559. The number of urea groups is 1. The maximum absolute atomic E-state index is 11.6. The average Bonchev–Trinajstić information content (AvgIpc) is 2.23. The maximum Gasteiger partial charge on any atom is 0.318 e. The molecule has 1 heterocycles. The largest absolute Gasteiger partial charge is 0.481 e. The molecule has 8 heteroatoms.